The van der Waals surface area contributed by atoms with Gasteiger partial charge in [0.2, 0.25) is 5.92 Å². The summed E-state index contributed by atoms with van der Waals surface area (Å²) in [5, 5.41) is 4.34. The Morgan fingerprint density at radius 1 is 1.42 bits per heavy atom. The summed E-state index contributed by atoms with van der Waals surface area (Å²) in [6.07, 6.45) is 1.50. The molecule has 0 amide bonds. The van der Waals surface area contributed by atoms with E-state index in [0.29, 0.717) is 18.5 Å². The molecule has 0 atom stereocenters. The predicted molar refractivity (Wildman–Crippen MR) is 65.6 cm³/mol. The van der Waals surface area contributed by atoms with Gasteiger partial charge >= 0.3 is 0 Å². The summed E-state index contributed by atoms with van der Waals surface area (Å²) in [6, 6.07) is -0.191. The van der Waals surface area contributed by atoms with Crippen LogP contribution in [0.1, 0.15) is 31.7 Å². The summed E-state index contributed by atoms with van der Waals surface area (Å²) >= 11 is 5.92. The van der Waals surface area contributed by atoms with Gasteiger partial charge in [0.25, 0.3) is 5.56 Å². The Hall–Kier alpha value is -1.50. The highest BCUT2D eigenvalue weighted by Gasteiger charge is 2.36. The topological polar surface area (TPSA) is 63.6 Å². The molecule has 8 heteroatoms. The highest BCUT2D eigenvalue weighted by Crippen LogP contribution is 2.39. The molecular weight excluding hydrogens is 278 g/mol. The fourth-order valence-electron chi connectivity index (χ4n) is 2.47. The highest BCUT2D eigenvalue weighted by atomic mass is 35.5. The van der Waals surface area contributed by atoms with E-state index in [1.807, 2.05) is 0 Å². The van der Waals surface area contributed by atoms with E-state index in [0.717, 1.165) is 0 Å². The summed E-state index contributed by atoms with van der Waals surface area (Å²) in [6.45, 7) is 0. The van der Waals surface area contributed by atoms with Gasteiger partial charge in [0.15, 0.2) is 10.8 Å². The molecule has 1 aliphatic rings. The van der Waals surface area contributed by atoms with Crippen molar-refractivity contribution in [3.8, 4) is 0 Å². The van der Waals surface area contributed by atoms with Gasteiger partial charge in [0.1, 0.15) is 5.39 Å². The fraction of sp³-hybridized carbons (Fsp3) is 0.545. The van der Waals surface area contributed by atoms with E-state index in [1.54, 1.807) is 0 Å². The summed E-state index contributed by atoms with van der Waals surface area (Å²) in [4.78, 5) is 18.1. The van der Waals surface area contributed by atoms with E-state index in [1.165, 1.54) is 11.0 Å². The van der Waals surface area contributed by atoms with Crippen LogP contribution in [-0.2, 0) is 0 Å². The van der Waals surface area contributed by atoms with Gasteiger partial charge in [-0.3, -0.25) is 4.79 Å². The number of alkyl halides is 2. The number of aromatic amines is 1. The van der Waals surface area contributed by atoms with Crippen LogP contribution in [0.5, 0.6) is 0 Å². The molecule has 1 saturated carbocycles. The monoisotopic (exact) mass is 288 g/mol. The zero-order valence-corrected chi connectivity index (χ0v) is 10.6. The Morgan fingerprint density at radius 2 is 2.11 bits per heavy atom. The van der Waals surface area contributed by atoms with Gasteiger partial charge in [-0.05, 0) is 12.8 Å². The number of hydrogen-bond acceptors (Lipinski definition) is 3. The molecule has 2 aromatic heterocycles. The Kier molecular flexibility index (Phi) is 2.81. The number of H-pyrrole nitrogens is 1. The smallest absolute Gasteiger partial charge is 0.263 e. The molecule has 5 nitrogen and oxygen atoms in total. The van der Waals surface area contributed by atoms with Crippen LogP contribution in [0.2, 0.25) is 5.15 Å². The van der Waals surface area contributed by atoms with Crippen LogP contribution < -0.4 is 5.56 Å². The maximum Gasteiger partial charge on any atom is 0.263 e. The van der Waals surface area contributed by atoms with E-state index in [2.05, 4.69) is 15.1 Å². The lowest BCUT2D eigenvalue weighted by atomic mass is 9.92. The van der Waals surface area contributed by atoms with Gasteiger partial charge in [0.05, 0.1) is 12.4 Å². The predicted octanol–water partition coefficient (Wildman–Crippen LogP) is 2.52. The summed E-state index contributed by atoms with van der Waals surface area (Å²) in [7, 11) is 0. The van der Waals surface area contributed by atoms with Crippen LogP contribution in [0.15, 0.2) is 11.1 Å². The van der Waals surface area contributed by atoms with E-state index in [-0.39, 0.29) is 35.0 Å². The minimum atomic E-state index is -2.60. The zero-order chi connectivity index (χ0) is 13.6. The molecule has 1 fully saturated rings. The third-order valence-electron chi connectivity index (χ3n) is 3.48. The van der Waals surface area contributed by atoms with Gasteiger partial charge < -0.3 is 4.98 Å². The molecule has 0 bridgehead atoms. The Morgan fingerprint density at radius 3 is 2.79 bits per heavy atom. The molecule has 2 heterocycles. The Labute approximate surface area is 111 Å². The molecule has 0 radical (unpaired) electrons. The van der Waals surface area contributed by atoms with Crippen LogP contribution in [0.4, 0.5) is 8.78 Å². The van der Waals surface area contributed by atoms with E-state index < -0.39 is 5.92 Å². The first-order valence-corrected chi connectivity index (χ1v) is 6.35. The van der Waals surface area contributed by atoms with Crippen molar-refractivity contribution in [3.63, 3.8) is 0 Å². The molecule has 0 saturated heterocycles. The molecule has 0 aromatic carbocycles. The molecule has 0 unspecified atom stereocenters. The number of nitrogens with one attached hydrogen (secondary N) is 1. The lowest BCUT2D eigenvalue weighted by Crippen LogP contribution is -2.27. The summed E-state index contributed by atoms with van der Waals surface area (Å²) in [5.74, 6) is -2.60. The maximum atomic E-state index is 13.2. The second-order valence-corrected chi connectivity index (χ2v) is 5.11. The number of hydrogen-bond donors (Lipinski definition) is 1. The maximum absolute atomic E-state index is 13.2. The van der Waals surface area contributed by atoms with Gasteiger partial charge in [-0.2, -0.15) is 5.10 Å². The molecule has 0 spiro atoms. The van der Waals surface area contributed by atoms with Crippen molar-refractivity contribution >= 4 is 22.6 Å². The Balaban J connectivity index is 2.03. The lowest BCUT2D eigenvalue weighted by molar-refractivity contribution is -0.0446. The lowest BCUT2D eigenvalue weighted by Gasteiger charge is -2.28. The largest absolute Gasteiger partial charge is 0.312 e. The second kappa shape index (κ2) is 4.26. The first-order valence-electron chi connectivity index (χ1n) is 5.97. The molecular formula is C11H11ClF2N4O. The number of halogens is 3. The van der Waals surface area contributed by atoms with E-state index in [9.17, 15) is 13.6 Å². The number of aromatic nitrogens is 4. The van der Waals surface area contributed by atoms with Gasteiger partial charge in [-0.15, -0.1) is 0 Å². The first-order chi connectivity index (χ1) is 8.98. The number of fused-ring (bicyclic) bond motifs is 1. The van der Waals surface area contributed by atoms with Crippen molar-refractivity contribution in [1.29, 1.82) is 0 Å². The minimum absolute atomic E-state index is 0.0571. The van der Waals surface area contributed by atoms with Crippen LogP contribution in [0.25, 0.3) is 11.0 Å². The van der Waals surface area contributed by atoms with Crippen LogP contribution >= 0.6 is 11.6 Å². The normalized spacial score (nSPS) is 19.9. The van der Waals surface area contributed by atoms with Gasteiger partial charge in [0, 0.05) is 12.8 Å². The van der Waals surface area contributed by atoms with Crippen molar-refractivity contribution in [2.45, 2.75) is 37.6 Å². The van der Waals surface area contributed by atoms with Gasteiger partial charge in [-0.25, -0.2) is 18.4 Å². The molecule has 3 rings (SSSR count). The number of rotatable bonds is 1. The molecule has 19 heavy (non-hydrogen) atoms. The SMILES string of the molecule is O=c1[nH]cnc2c1c(Cl)nn2C1CCC(F)(F)CC1. The molecule has 0 aliphatic heterocycles. The van der Waals surface area contributed by atoms with Crippen LogP contribution in [-0.4, -0.2) is 25.7 Å². The highest BCUT2D eigenvalue weighted by molar-refractivity contribution is 6.34. The first kappa shape index (κ1) is 12.5. The van der Waals surface area contributed by atoms with Crippen molar-refractivity contribution in [3.05, 3.63) is 21.8 Å². The van der Waals surface area contributed by atoms with Crippen molar-refractivity contribution in [1.82, 2.24) is 19.7 Å². The quantitative estimate of drug-likeness (QED) is 0.877. The van der Waals surface area contributed by atoms with Crippen molar-refractivity contribution in [2.75, 3.05) is 0 Å². The van der Waals surface area contributed by atoms with E-state index >= 15 is 0 Å². The fourth-order valence-corrected chi connectivity index (χ4v) is 2.72. The molecule has 1 aliphatic carbocycles. The standard InChI is InChI=1S/C11H11ClF2N4O/c12-8-7-9(15-5-16-10(7)19)18(17-8)6-1-3-11(13,14)4-2-6/h5-6H,1-4H2,(H,15,16,19). The van der Waals surface area contributed by atoms with Crippen molar-refractivity contribution in [2.24, 2.45) is 0 Å². The third-order valence-corrected chi connectivity index (χ3v) is 3.75. The summed E-state index contributed by atoms with van der Waals surface area (Å²) in [5.41, 5.74) is -0.0219. The van der Waals surface area contributed by atoms with E-state index in [4.69, 9.17) is 11.6 Å². The molecule has 102 valence electrons. The summed E-state index contributed by atoms with van der Waals surface area (Å²) < 4.78 is 27.8. The molecule has 1 N–H and O–H groups in total. The van der Waals surface area contributed by atoms with Crippen LogP contribution in [0.3, 0.4) is 0 Å². The second-order valence-electron chi connectivity index (χ2n) is 4.75. The molecule has 2 aromatic rings. The van der Waals surface area contributed by atoms with Crippen LogP contribution in [0, 0.1) is 0 Å². The number of nitrogens with zero attached hydrogens (tertiary/aromatic N) is 3. The third kappa shape index (κ3) is 2.11. The van der Waals surface area contributed by atoms with Gasteiger partial charge in [-0.1, -0.05) is 11.6 Å². The zero-order valence-electron chi connectivity index (χ0n) is 9.87. The average molecular weight is 289 g/mol. The minimum Gasteiger partial charge on any atom is -0.312 e. The average Bonchev–Trinajstić information content (AvgIpc) is 2.68. The Bertz CT molecular complexity index is 671. The van der Waals surface area contributed by atoms with Crippen molar-refractivity contribution < 1.29 is 8.78 Å².